The van der Waals surface area contributed by atoms with Gasteiger partial charge in [-0.2, -0.15) is 13.2 Å². The fraction of sp³-hybridized carbons (Fsp3) is 0.654. The fourth-order valence-electron chi connectivity index (χ4n) is 4.28. The van der Waals surface area contributed by atoms with E-state index in [-0.39, 0.29) is 36.0 Å². The van der Waals surface area contributed by atoms with Crippen molar-refractivity contribution in [2.75, 3.05) is 20.5 Å². The van der Waals surface area contributed by atoms with Gasteiger partial charge in [-0.1, -0.05) is 31.2 Å². The summed E-state index contributed by atoms with van der Waals surface area (Å²) < 4.78 is 71.7. The molecule has 208 valence electrons. The van der Waals surface area contributed by atoms with E-state index in [0.29, 0.717) is 6.42 Å². The molecule has 0 spiro atoms. The molecule has 3 aliphatic rings. The number of allylic oxidation sites excluding steroid dienone is 1. The van der Waals surface area contributed by atoms with Crippen molar-refractivity contribution < 1.29 is 51.5 Å². The number of hydrogen-bond acceptors (Lipinski definition) is 8. The predicted octanol–water partition coefficient (Wildman–Crippen LogP) is 4.10. The van der Waals surface area contributed by atoms with Gasteiger partial charge in [0.1, 0.15) is 36.3 Å². The Morgan fingerprint density at radius 2 is 1.92 bits per heavy atom. The molecule has 37 heavy (non-hydrogen) atoms. The van der Waals surface area contributed by atoms with Crippen molar-refractivity contribution in [2.45, 2.75) is 83.0 Å². The first-order valence-corrected chi connectivity index (χ1v) is 12.1. The van der Waals surface area contributed by atoms with Gasteiger partial charge in [0.15, 0.2) is 12.6 Å². The van der Waals surface area contributed by atoms with E-state index in [2.05, 4.69) is 0 Å². The molecule has 1 saturated heterocycles. The van der Waals surface area contributed by atoms with E-state index in [9.17, 15) is 23.1 Å². The van der Waals surface area contributed by atoms with Crippen LogP contribution in [0.2, 0.25) is 0 Å². The van der Waals surface area contributed by atoms with Crippen LogP contribution < -0.4 is 0 Å². The second kappa shape index (κ2) is 12.1. The monoisotopic (exact) mass is 532 g/mol. The molecule has 0 aromatic carbocycles. The maximum atomic E-state index is 13.3. The highest BCUT2D eigenvalue weighted by atomic mass is 19.4. The number of carbonyl (C=O) groups is 1. The Bertz CT molecular complexity index is 937. The van der Waals surface area contributed by atoms with Gasteiger partial charge in [0.2, 0.25) is 0 Å². The van der Waals surface area contributed by atoms with Crippen molar-refractivity contribution in [3.05, 3.63) is 47.3 Å². The number of rotatable bonds is 5. The number of alkyl halides is 3. The topological polar surface area (TPSA) is 92.7 Å². The highest BCUT2D eigenvalue weighted by Crippen LogP contribution is 2.35. The van der Waals surface area contributed by atoms with Gasteiger partial charge >= 0.3 is 12.1 Å². The number of methoxy groups -OCH3 is 1. The van der Waals surface area contributed by atoms with Gasteiger partial charge < -0.3 is 33.5 Å². The van der Waals surface area contributed by atoms with Crippen LogP contribution in [-0.2, 0) is 33.2 Å². The third kappa shape index (κ3) is 8.15. The lowest BCUT2D eigenvalue weighted by Crippen LogP contribution is -2.34. The van der Waals surface area contributed by atoms with Gasteiger partial charge in [-0.15, -0.1) is 0 Å². The predicted molar refractivity (Wildman–Crippen MR) is 126 cm³/mol. The van der Waals surface area contributed by atoms with Crippen LogP contribution in [0, 0.1) is 5.92 Å². The molecule has 1 N–H and O–H groups in total. The summed E-state index contributed by atoms with van der Waals surface area (Å²) in [6, 6.07) is 0. The first kappa shape index (κ1) is 29.4. The zero-order valence-electron chi connectivity index (χ0n) is 21.6. The Labute approximate surface area is 214 Å². The smallest absolute Gasteiger partial charge is 0.411 e. The van der Waals surface area contributed by atoms with Crippen molar-refractivity contribution >= 4 is 5.97 Å². The molecule has 0 bridgehead atoms. The van der Waals surface area contributed by atoms with Crippen LogP contribution in [0.1, 0.15) is 40.5 Å². The molecule has 0 aromatic rings. The molecule has 0 aromatic heterocycles. The van der Waals surface area contributed by atoms with E-state index in [0.717, 1.165) is 0 Å². The Morgan fingerprint density at radius 3 is 2.59 bits per heavy atom. The Kier molecular flexibility index (Phi) is 9.62. The lowest BCUT2D eigenvalue weighted by atomic mass is 9.92. The minimum Gasteiger partial charge on any atom is -0.471 e. The summed E-state index contributed by atoms with van der Waals surface area (Å²) in [5, 5.41) is 10.8. The highest BCUT2D eigenvalue weighted by molar-refractivity contribution is 5.95. The van der Waals surface area contributed by atoms with Crippen molar-refractivity contribution in [2.24, 2.45) is 5.92 Å². The van der Waals surface area contributed by atoms with E-state index in [1.54, 1.807) is 45.1 Å². The van der Waals surface area contributed by atoms with Crippen LogP contribution in [0.15, 0.2) is 47.3 Å². The molecule has 6 atom stereocenters. The number of fused-ring (bicyclic) bond motifs is 2. The molecule has 2 unspecified atom stereocenters. The molecule has 11 heteroatoms. The summed E-state index contributed by atoms with van der Waals surface area (Å²) in [7, 11) is 1.39. The number of cyclic esters (lactones) is 1. The van der Waals surface area contributed by atoms with Gasteiger partial charge in [0.25, 0.3) is 0 Å². The van der Waals surface area contributed by atoms with Crippen LogP contribution >= 0.6 is 0 Å². The summed E-state index contributed by atoms with van der Waals surface area (Å²) in [6.45, 7) is 5.36. The van der Waals surface area contributed by atoms with E-state index in [1.807, 2.05) is 6.92 Å². The largest absolute Gasteiger partial charge is 0.471 e. The summed E-state index contributed by atoms with van der Waals surface area (Å²) in [5.74, 6) is -1.77. The Hall–Kier alpha value is -2.18. The molecule has 2 aliphatic heterocycles. The number of aliphatic hydroxyl groups excluding tert-OH is 1. The van der Waals surface area contributed by atoms with Gasteiger partial charge in [-0.05, 0) is 38.8 Å². The van der Waals surface area contributed by atoms with Crippen molar-refractivity contribution in [1.82, 2.24) is 0 Å². The van der Waals surface area contributed by atoms with Crippen molar-refractivity contribution in [1.29, 1.82) is 0 Å². The molecular weight excluding hydrogens is 497 g/mol. The summed E-state index contributed by atoms with van der Waals surface area (Å²) >= 11 is 0. The molecular formula is C26H35F3O8. The average molecular weight is 533 g/mol. The minimum absolute atomic E-state index is 0.0840. The second-order valence-electron chi connectivity index (χ2n) is 9.76. The molecule has 0 amide bonds. The summed E-state index contributed by atoms with van der Waals surface area (Å²) in [4.78, 5) is 13.3. The van der Waals surface area contributed by atoms with Gasteiger partial charge in [0.05, 0.1) is 12.2 Å². The van der Waals surface area contributed by atoms with Crippen LogP contribution in [0.25, 0.3) is 0 Å². The summed E-state index contributed by atoms with van der Waals surface area (Å²) in [6.07, 6.45) is 0.0471. The standard InChI is InChI=1S/C26H35F3O8/c1-15-9-10-19(30)23-20(36-25(3,4)37-23)8-6-7-17-11-18(33-13-26(27,28)29)12-21(34-14-32-5)22(17)24(31)35-16(15)2/h6-7,9-11,15-16,18-20,23,30H,8,12-14H2,1-5H3/b7-6+,10-9-/t15-,16+,18?,19?,20+,23-/m1/s1. The molecule has 0 radical (unpaired) electrons. The Balaban J connectivity index is 2.00. The number of hydrogen-bond donors (Lipinski definition) is 1. The van der Waals surface area contributed by atoms with Crippen LogP contribution in [0.3, 0.4) is 0 Å². The molecule has 8 nitrogen and oxygen atoms in total. The number of esters is 1. The molecule has 3 rings (SSSR count). The number of carbonyl (C=O) groups excluding carboxylic acids is 1. The molecule has 1 fully saturated rings. The minimum atomic E-state index is -4.52. The number of ether oxygens (including phenoxy) is 6. The summed E-state index contributed by atoms with van der Waals surface area (Å²) in [5.41, 5.74) is 0.373. The van der Waals surface area contributed by atoms with Gasteiger partial charge in [-0.3, -0.25) is 0 Å². The van der Waals surface area contributed by atoms with Gasteiger partial charge in [-0.25, -0.2) is 4.79 Å². The molecule has 2 heterocycles. The second-order valence-corrected chi connectivity index (χ2v) is 9.76. The third-order valence-corrected chi connectivity index (χ3v) is 6.20. The van der Waals surface area contributed by atoms with Crippen molar-refractivity contribution in [3.63, 3.8) is 0 Å². The normalized spacial score (nSPS) is 34.5. The third-order valence-electron chi connectivity index (χ3n) is 6.20. The quantitative estimate of drug-likeness (QED) is 0.322. The Morgan fingerprint density at radius 1 is 1.19 bits per heavy atom. The van der Waals surface area contributed by atoms with Crippen LogP contribution in [-0.4, -0.2) is 74.1 Å². The number of aliphatic hydroxyl groups is 1. The average Bonchev–Trinajstić information content (AvgIpc) is 3.12. The first-order chi connectivity index (χ1) is 17.3. The maximum absolute atomic E-state index is 13.3. The molecule has 0 saturated carbocycles. The fourth-order valence-corrected chi connectivity index (χ4v) is 4.28. The zero-order chi connectivity index (χ0) is 27.4. The zero-order valence-corrected chi connectivity index (χ0v) is 21.6. The lowest BCUT2D eigenvalue weighted by Gasteiger charge is -2.27. The van der Waals surface area contributed by atoms with E-state index in [4.69, 9.17) is 28.4 Å². The SMILES string of the molecule is COCOC1=C2C(=O)O[C@@H](C)[C@H](C)/C=C\C(O)[C@H]3OC(C)(C)O[C@H]3C/C=C/C2=CC(OCC(F)(F)F)C1. The van der Waals surface area contributed by atoms with Crippen molar-refractivity contribution in [3.8, 4) is 0 Å². The lowest BCUT2D eigenvalue weighted by molar-refractivity contribution is -0.181. The van der Waals surface area contributed by atoms with Crippen LogP contribution in [0.4, 0.5) is 13.2 Å². The highest BCUT2D eigenvalue weighted by Gasteiger charge is 2.43. The van der Waals surface area contributed by atoms with Gasteiger partial charge in [0, 0.05) is 19.4 Å². The number of halogens is 3. The van der Waals surface area contributed by atoms with E-state index < -0.39 is 55.1 Å². The first-order valence-electron chi connectivity index (χ1n) is 12.1. The van der Waals surface area contributed by atoms with E-state index >= 15 is 0 Å². The van der Waals surface area contributed by atoms with E-state index in [1.165, 1.54) is 13.2 Å². The molecule has 1 aliphatic carbocycles. The maximum Gasteiger partial charge on any atom is 0.411 e. The van der Waals surface area contributed by atoms with Crippen LogP contribution in [0.5, 0.6) is 0 Å².